The summed E-state index contributed by atoms with van der Waals surface area (Å²) in [6.07, 6.45) is 1.69. The lowest BCUT2D eigenvalue weighted by Gasteiger charge is -1.87. The molecule has 0 unspecified atom stereocenters. The molecule has 0 aliphatic heterocycles. The van der Waals surface area contributed by atoms with E-state index in [1.807, 2.05) is 19.1 Å². The molecule has 0 atom stereocenters. The van der Waals surface area contributed by atoms with Crippen LogP contribution in [0.1, 0.15) is 5.69 Å². The molecule has 0 spiro atoms. The van der Waals surface area contributed by atoms with Gasteiger partial charge in [0.25, 0.3) is 0 Å². The summed E-state index contributed by atoms with van der Waals surface area (Å²) in [4.78, 5) is 4.78. The molecule has 0 aliphatic carbocycles. The predicted octanol–water partition coefficient (Wildman–Crippen LogP) is 1.95. The fraction of sp³-hybridized carbons (Fsp3) is 0.167. The van der Waals surface area contributed by atoms with Crippen molar-refractivity contribution >= 4 is 12.6 Å². The maximum atomic E-state index is 4.81. The summed E-state index contributed by atoms with van der Waals surface area (Å²) < 4.78 is 0. The SMILES string of the molecule is Cc1ccc([S])cn1. The van der Waals surface area contributed by atoms with Crippen LogP contribution >= 0.6 is 12.6 Å². The first-order valence-electron chi connectivity index (χ1n) is 2.39. The van der Waals surface area contributed by atoms with Crippen molar-refractivity contribution in [3.05, 3.63) is 24.0 Å². The van der Waals surface area contributed by atoms with Gasteiger partial charge in [0.2, 0.25) is 0 Å². The molecular formula is C6H6NS. The normalized spacial score (nSPS) is 9.12. The number of hydrogen-bond acceptors (Lipinski definition) is 1. The molecule has 1 rings (SSSR count). The van der Waals surface area contributed by atoms with Crippen LogP contribution in [0.3, 0.4) is 0 Å². The van der Waals surface area contributed by atoms with Crippen LogP contribution in [0.5, 0.6) is 0 Å². The van der Waals surface area contributed by atoms with Crippen LogP contribution in [0.25, 0.3) is 0 Å². The van der Waals surface area contributed by atoms with Gasteiger partial charge in [0.15, 0.2) is 0 Å². The van der Waals surface area contributed by atoms with Crippen molar-refractivity contribution in [3.8, 4) is 0 Å². The third kappa shape index (κ3) is 1.17. The molecular weight excluding hydrogens is 118 g/mol. The Labute approximate surface area is 54.2 Å². The van der Waals surface area contributed by atoms with Crippen LogP contribution in [0.15, 0.2) is 23.2 Å². The molecule has 1 radical (unpaired) electrons. The molecule has 1 nitrogen and oxygen atoms in total. The van der Waals surface area contributed by atoms with E-state index in [4.69, 9.17) is 12.6 Å². The van der Waals surface area contributed by atoms with Gasteiger partial charge in [-0.05, 0) is 19.1 Å². The second-order valence-electron chi connectivity index (χ2n) is 1.64. The molecule has 0 fully saturated rings. The molecule has 0 bridgehead atoms. The first-order chi connectivity index (χ1) is 3.79. The Balaban J connectivity index is 3.03. The molecule has 1 aromatic rings. The monoisotopic (exact) mass is 124 g/mol. The van der Waals surface area contributed by atoms with E-state index in [0.717, 1.165) is 10.6 Å². The maximum Gasteiger partial charge on any atom is 0.0560 e. The smallest absolute Gasteiger partial charge is 0.0560 e. The van der Waals surface area contributed by atoms with Gasteiger partial charge < -0.3 is 0 Å². The predicted molar refractivity (Wildman–Crippen MR) is 34.8 cm³/mol. The fourth-order valence-electron chi connectivity index (χ4n) is 0.454. The van der Waals surface area contributed by atoms with E-state index in [1.54, 1.807) is 6.20 Å². The van der Waals surface area contributed by atoms with Gasteiger partial charge in [-0.3, -0.25) is 4.98 Å². The van der Waals surface area contributed by atoms with Crippen molar-refractivity contribution in [2.45, 2.75) is 11.8 Å². The molecule has 0 saturated carbocycles. The minimum atomic E-state index is 0.801. The topological polar surface area (TPSA) is 12.9 Å². The Morgan fingerprint density at radius 2 is 2.25 bits per heavy atom. The van der Waals surface area contributed by atoms with Crippen molar-refractivity contribution in [1.82, 2.24) is 4.98 Å². The zero-order chi connectivity index (χ0) is 5.98. The van der Waals surface area contributed by atoms with Crippen molar-refractivity contribution in [2.75, 3.05) is 0 Å². The van der Waals surface area contributed by atoms with E-state index in [2.05, 4.69) is 4.98 Å². The van der Waals surface area contributed by atoms with Crippen LogP contribution in [-0.2, 0) is 0 Å². The highest BCUT2D eigenvalue weighted by Crippen LogP contribution is 2.01. The summed E-state index contributed by atoms with van der Waals surface area (Å²) in [7, 11) is 0. The second kappa shape index (κ2) is 2.09. The number of aryl methyl sites for hydroxylation is 1. The summed E-state index contributed by atoms with van der Waals surface area (Å²) >= 11 is 4.81. The van der Waals surface area contributed by atoms with E-state index in [9.17, 15) is 0 Å². The van der Waals surface area contributed by atoms with E-state index in [-0.39, 0.29) is 0 Å². The van der Waals surface area contributed by atoms with E-state index in [0.29, 0.717) is 0 Å². The van der Waals surface area contributed by atoms with E-state index >= 15 is 0 Å². The first-order valence-corrected chi connectivity index (χ1v) is 2.79. The van der Waals surface area contributed by atoms with Gasteiger partial charge in [0.05, 0.1) is 4.90 Å². The second-order valence-corrected chi connectivity index (χ2v) is 2.11. The average Bonchev–Trinajstić information content (AvgIpc) is 1.77. The van der Waals surface area contributed by atoms with Gasteiger partial charge in [0.1, 0.15) is 0 Å². The Morgan fingerprint density at radius 1 is 1.50 bits per heavy atom. The highest BCUT2D eigenvalue weighted by molar-refractivity contribution is 7.80. The molecule has 1 heterocycles. The number of aromatic nitrogens is 1. The van der Waals surface area contributed by atoms with Gasteiger partial charge in [-0.2, -0.15) is 0 Å². The Hall–Kier alpha value is -0.630. The molecule has 2 heteroatoms. The third-order valence-electron chi connectivity index (χ3n) is 0.884. The number of nitrogens with zero attached hydrogens (tertiary/aromatic N) is 1. The van der Waals surface area contributed by atoms with Crippen molar-refractivity contribution in [3.63, 3.8) is 0 Å². The molecule has 1 aromatic heterocycles. The summed E-state index contributed by atoms with van der Waals surface area (Å²) in [6.45, 7) is 1.94. The van der Waals surface area contributed by atoms with Crippen molar-refractivity contribution in [2.24, 2.45) is 0 Å². The van der Waals surface area contributed by atoms with Crippen LogP contribution in [0.2, 0.25) is 0 Å². The molecule has 41 valence electrons. The van der Waals surface area contributed by atoms with Crippen LogP contribution < -0.4 is 0 Å². The summed E-state index contributed by atoms with van der Waals surface area (Å²) in [5.41, 5.74) is 1.01. The average molecular weight is 124 g/mol. The van der Waals surface area contributed by atoms with Gasteiger partial charge >= 0.3 is 0 Å². The summed E-state index contributed by atoms with van der Waals surface area (Å²) in [5, 5.41) is 0. The molecule has 0 saturated heterocycles. The van der Waals surface area contributed by atoms with Crippen LogP contribution in [-0.4, -0.2) is 4.98 Å². The lowest BCUT2D eigenvalue weighted by Crippen LogP contribution is -1.75. The summed E-state index contributed by atoms with van der Waals surface area (Å²) in [5.74, 6) is 0. The zero-order valence-electron chi connectivity index (χ0n) is 4.59. The Kier molecular flexibility index (Phi) is 1.44. The van der Waals surface area contributed by atoms with Gasteiger partial charge in [-0.1, -0.05) is 12.6 Å². The van der Waals surface area contributed by atoms with E-state index in [1.165, 1.54) is 0 Å². The van der Waals surface area contributed by atoms with Crippen molar-refractivity contribution in [1.29, 1.82) is 0 Å². The van der Waals surface area contributed by atoms with Gasteiger partial charge in [-0.25, -0.2) is 0 Å². The number of pyridine rings is 1. The lowest BCUT2D eigenvalue weighted by atomic mass is 10.4. The number of rotatable bonds is 0. The minimum absolute atomic E-state index is 0.801. The van der Waals surface area contributed by atoms with E-state index < -0.39 is 0 Å². The molecule has 8 heavy (non-hydrogen) atoms. The standard InChI is InChI=1S/C6H6NS/c1-5-2-3-6(8)4-7-5/h2-4H,1H3. The Bertz CT molecular complexity index is 147. The largest absolute Gasteiger partial charge is 0.260 e. The van der Waals surface area contributed by atoms with Crippen LogP contribution in [0, 0.1) is 6.92 Å². The number of hydrogen-bond donors (Lipinski definition) is 0. The van der Waals surface area contributed by atoms with Gasteiger partial charge in [-0.15, -0.1) is 0 Å². The highest BCUT2D eigenvalue weighted by atomic mass is 32.1. The van der Waals surface area contributed by atoms with Crippen LogP contribution in [0.4, 0.5) is 0 Å². The maximum absolute atomic E-state index is 4.81. The van der Waals surface area contributed by atoms with Gasteiger partial charge in [0, 0.05) is 11.9 Å². The molecule has 0 aliphatic rings. The molecule has 0 N–H and O–H groups in total. The highest BCUT2D eigenvalue weighted by Gasteiger charge is 1.83. The molecule has 0 aromatic carbocycles. The minimum Gasteiger partial charge on any atom is -0.260 e. The lowest BCUT2D eigenvalue weighted by molar-refractivity contribution is 1.15. The third-order valence-corrected chi connectivity index (χ3v) is 1.13. The zero-order valence-corrected chi connectivity index (χ0v) is 5.40. The fourth-order valence-corrected chi connectivity index (χ4v) is 0.575. The molecule has 0 amide bonds. The Morgan fingerprint density at radius 3 is 2.62 bits per heavy atom. The quantitative estimate of drug-likeness (QED) is 0.515. The summed E-state index contributed by atoms with van der Waals surface area (Å²) in [6, 6.07) is 3.78. The van der Waals surface area contributed by atoms with Crippen molar-refractivity contribution < 1.29 is 0 Å². The first kappa shape index (κ1) is 5.51.